The average Bonchev–Trinajstić information content (AvgIpc) is 2.09. The topological polar surface area (TPSA) is 38.9 Å². The van der Waals surface area contributed by atoms with Crippen molar-refractivity contribution in [1.82, 2.24) is 4.98 Å². The van der Waals surface area contributed by atoms with Crippen LogP contribution >= 0.6 is 0 Å². The molecule has 0 aromatic carbocycles. The minimum Gasteiger partial charge on any atom is -0.330 e. The summed E-state index contributed by atoms with van der Waals surface area (Å²) in [5.41, 5.74) is 6.49. The number of pyridine rings is 1. The Morgan fingerprint density at radius 1 is 1.58 bits per heavy atom. The first-order chi connectivity index (χ1) is 5.72. The van der Waals surface area contributed by atoms with Crippen molar-refractivity contribution in [2.75, 3.05) is 6.54 Å². The van der Waals surface area contributed by atoms with Crippen molar-refractivity contribution in [3.63, 3.8) is 0 Å². The van der Waals surface area contributed by atoms with E-state index < -0.39 is 5.95 Å². The van der Waals surface area contributed by atoms with Crippen LogP contribution in [-0.2, 0) is 6.42 Å². The second-order valence-corrected chi connectivity index (χ2v) is 3.03. The zero-order valence-electron chi connectivity index (χ0n) is 7.13. The predicted molar refractivity (Wildman–Crippen MR) is 46.1 cm³/mol. The van der Waals surface area contributed by atoms with Crippen molar-refractivity contribution in [1.29, 1.82) is 0 Å². The molecule has 1 aromatic rings. The van der Waals surface area contributed by atoms with Gasteiger partial charge in [-0.1, -0.05) is 13.0 Å². The Hall–Kier alpha value is -0.960. The van der Waals surface area contributed by atoms with Gasteiger partial charge < -0.3 is 5.73 Å². The molecule has 12 heavy (non-hydrogen) atoms. The fraction of sp³-hybridized carbons (Fsp3) is 0.444. The van der Waals surface area contributed by atoms with Crippen molar-refractivity contribution >= 4 is 0 Å². The van der Waals surface area contributed by atoms with E-state index >= 15 is 0 Å². The van der Waals surface area contributed by atoms with E-state index in [2.05, 4.69) is 11.9 Å². The van der Waals surface area contributed by atoms with Gasteiger partial charge in [-0.15, -0.1) is 0 Å². The molecule has 1 rings (SSSR count). The van der Waals surface area contributed by atoms with Crippen molar-refractivity contribution in [3.8, 4) is 0 Å². The molecular formula is C9H13FN2. The lowest BCUT2D eigenvalue weighted by Crippen LogP contribution is -2.13. The van der Waals surface area contributed by atoms with Crippen LogP contribution in [0.5, 0.6) is 0 Å². The highest BCUT2D eigenvalue weighted by molar-refractivity contribution is 5.09. The molecule has 0 fully saturated rings. The Labute approximate surface area is 71.6 Å². The fourth-order valence-corrected chi connectivity index (χ4v) is 1.01. The molecule has 0 spiro atoms. The highest BCUT2D eigenvalue weighted by Crippen LogP contribution is 2.06. The molecule has 0 saturated heterocycles. The fourth-order valence-electron chi connectivity index (χ4n) is 1.01. The Morgan fingerprint density at radius 2 is 2.33 bits per heavy atom. The van der Waals surface area contributed by atoms with E-state index in [1.807, 2.05) is 0 Å². The first-order valence-corrected chi connectivity index (χ1v) is 4.03. The summed E-state index contributed by atoms with van der Waals surface area (Å²) in [6, 6.07) is 3.12. The van der Waals surface area contributed by atoms with Gasteiger partial charge in [0.15, 0.2) is 0 Å². The lowest BCUT2D eigenvalue weighted by atomic mass is 10.0. The first-order valence-electron chi connectivity index (χ1n) is 4.03. The quantitative estimate of drug-likeness (QED) is 0.692. The molecule has 0 radical (unpaired) electrons. The van der Waals surface area contributed by atoms with E-state index in [-0.39, 0.29) is 0 Å². The number of nitrogens with zero attached hydrogens (tertiary/aromatic N) is 1. The lowest BCUT2D eigenvalue weighted by molar-refractivity contribution is 0.570. The van der Waals surface area contributed by atoms with Gasteiger partial charge in [0, 0.05) is 6.20 Å². The molecule has 0 aliphatic rings. The molecule has 1 heterocycles. The number of hydrogen-bond acceptors (Lipinski definition) is 2. The van der Waals surface area contributed by atoms with Gasteiger partial charge in [-0.05, 0) is 30.5 Å². The normalized spacial score (nSPS) is 12.9. The highest BCUT2D eigenvalue weighted by Gasteiger charge is 2.01. The third-order valence-electron chi connectivity index (χ3n) is 1.78. The Balaban J connectivity index is 2.58. The SMILES string of the molecule is C[C@@H](CN)Cc1ccc(F)nc1. The van der Waals surface area contributed by atoms with Crippen LogP contribution in [0.2, 0.25) is 0 Å². The molecule has 0 saturated carbocycles. The van der Waals surface area contributed by atoms with Crippen LogP contribution in [0.4, 0.5) is 4.39 Å². The first kappa shape index (κ1) is 9.13. The second kappa shape index (κ2) is 4.16. The molecular weight excluding hydrogens is 155 g/mol. The summed E-state index contributed by atoms with van der Waals surface area (Å²) >= 11 is 0. The summed E-state index contributed by atoms with van der Waals surface area (Å²) in [5, 5.41) is 0. The molecule has 0 aliphatic heterocycles. The number of rotatable bonds is 3. The summed E-state index contributed by atoms with van der Waals surface area (Å²) in [6.07, 6.45) is 2.42. The summed E-state index contributed by atoms with van der Waals surface area (Å²) < 4.78 is 12.4. The maximum Gasteiger partial charge on any atom is 0.212 e. The molecule has 2 N–H and O–H groups in total. The van der Waals surface area contributed by atoms with Gasteiger partial charge in [0.2, 0.25) is 5.95 Å². The van der Waals surface area contributed by atoms with E-state index in [0.717, 1.165) is 12.0 Å². The number of nitrogens with two attached hydrogens (primary N) is 1. The highest BCUT2D eigenvalue weighted by atomic mass is 19.1. The zero-order chi connectivity index (χ0) is 8.97. The molecule has 0 amide bonds. The Kier molecular flexibility index (Phi) is 3.17. The van der Waals surface area contributed by atoms with Gasteiger partial charge in [0.05, 0.1) is 0 Å². The smallest absolute Gasteiger partial charge is 0.212 e. The molecule has 0 unspecified atom stereocenters. The largest absolute Gasteiger partial charge is 0.330 e. The van der Waals surface area contributed by atoms with Crippen molar-refractivity contribution < 1.29 is 4.39 Å². The minimum absolute atomic E-state index is 0.428. The minimum atomic E-state index is -0.431. The van der Waals surface area contributed by atoms with Crippen LogP contribution in [-0.4, -0.2) is 11.5 Å². The van der Waals surface area contributed by atoms with E-state index in [9.17, 15) is 4.39 Å². The van der Waals surface area contributed by atoms with Crippen molar-refractivity contribution in [2.45, 2.75) is 13.3 Å². The van der Waals surface area contributed by atoms with Gasteiger partial charge in [-0.3, -0.25) is 0 Å². The molecule has 0 aliphatic carbocycles. The summed E-state index contributed by atoms with van der Waals surface area (Å²) in [5.74, 6) is -0.00332. The van der Waals surface area contributed by atoms with Crippen LogP contribution in [0.25, 0.3) is 0 Å². The predicted octanol–water partition coefficient (Wildman–Crippen LogP) is 1.36. The van der Waals surface area contributed by atoms with Crippen LogP contribution in [0.15, 0.2) is 18.3 Å². The van der Waals surface area contributed by atoms with Gasteiger partial charge in [0.1, 0.15) is 0 Å². The third-order valence-corrected chi connectivity index (χ3v) is 1.78. The van der Waals surface area contributed by atoms with Crippen LogP contribution in [0.3, 0.4) is 0 Å². The second-order valence-electron chi connectivity index (χ2n) is 3.03. The van der Waals surface area contributed by atoms with Gasteiger partial charge in [0.25, 0.3) is 0 Å². The summed E-state index contributed by atoms with van der Waals surface area (Å²) in [6.45, 7) is 2.71. The van der Waals surface area contributed by atoms with Crippen molar-refractivity contribution in [3.05, 3.63) is 29.8 Å². The third kappa shape index (κ3) is 2.58. The zero-order valence-corrected chi connectivity index (χ0v) is 7.13. The standard InChI is InChI=1S/C9H13FN2/c1-7(5-11)4-8-2-3-9(10)12-6-8/h2-3,6-7H,4-5,11H2,1H3/t7-/m1/s1. The molecule has 2 nitrogen and oxygen atoms in total. The van der Waals surface area contributed by atoms with E-state index in [1.54, 1.807) is 12.3 Å². The maximum absolute atomic E-state index is 12.4. The summed E-state index contributed by atoms with van der Waals surface area (Å²) in [4.78, 5) is 3.56. The van der Waals surface area contributed by atoms with Gasteiger partial charge in [-0.2, -0.15) is 4.39 Å². The number of hydrogen-bond donors (Lipinski definition) is 1. The monoisotopic (exact) mass is 168 g/mol. The van der Waals surface area contributed by atoms with Crippen LogP contribution < -0.4 is 5.73 Å². The maximum atomic E-state index is 12.4. The molecule has 66 valence electrons. The molecule has 1 aromatic heterocycles. The summed E-state index contributed by atoms with van der Waals surface area (Å²) in [7, 11) is 0. The average molecular weight is 168 g/mol. The van der Waals surface area contributed by atoms with E-state index in [1.165, 1.54) is 6.07 Å². The Bertz CT molecular complexity index is 233. The number of halogens is 1. The molecule has 1 atom stereocenters. The molecule has 3 heteroatoms. The van der Waals surface area contributed by atoms with Crippen LogP contribution in [0.1, 0.15) is 12.5 Å². The van der Waals surface area contributed by atoms with E-state index in [4.69, 9.17) is 5.73 Å². The lowest BCUT2D eigenvalue weighted by Gasteiger charge is -2.06. The molecule has 0 bridgehead atoms. The van der Waals surface area contributed by atoms with Gasteiger partial charge in [-0.25, -0.2) is 4.98 Å². The van der Waals surface area contributed by atoms with Crippen LogP contribution in [0, 0.1) is 11.9 Å². The van der Waals surface area contributed by atoms with E-state index in [0.29, 0.717) is 12.5 Å². The van der Waals surface area contributed by atoms with Gasteiger partial charge >= 0.3 is 0 Å². The Morgan fingerprint density at radius 3 is 2.83 bits per heavy atom. The van der Waals surface area contributed by atoms with Crippen molar-refractivity contribution in [2.24, 2.45) is 11.7 Å². The number of aromatic nitrogens is 1.